The molecule has 1 aliphatic heterocycles. The Balaban J connectivity index is 1.19. The van der Waals surface area contributed by atoms with E-state index in [1.165, 1.54) is 11.0 Å². The van der Waals surface area contributed by atoms with Crippen LogP contribution in [0.2, 0.25) is 0 Å². The van der Waals surface area contributed by atoms with E-state index in [9.17, 15) is 23.8 Å². The second kappa shape index (κ2) is 17.8. The average Bonchev–Trinajstić information content (AvgIpc) is 3.49. The molecule has 3 amide bonds. The quantitative estimate of drug-likeness (QED) is 0.0795. The van der Waals surface area contributed by atoms with Crippen molar-refractivity contribution in [3.8, 4) is 22.8 Å². The van der Waals surface area contributed by atoms with E-state index in [2.05, 4.69) is 17.2 Å². The van der Waals surface area contributed by atoms with Crippen molar-refractivity contribution in [2.24, 2.45) is 11.3 Å². The van der Waals surface area contributed by atoms with Gasteiger partial charge in [0.15, 0.2) is 0 Å². The second-order valence-corrected chi connectivity index (χ2v) is 19.1. The summed E-state index contributed by atoms with van der Waals surface area (Å²) in [5, 5.41) is 4.76. The van der Waals surface area contributed by atoms with Crippen LogP contribution in [0, 0.1) is 11.3 Å². The molecule has 0 bridgehead atoms. The molecule has 318 valence electrons. The van der Waals surface area contributed by atoms with Crippen LogP contribution in [-0.2, 0) is 29.8 Å². The normalized spacial score (nSPS) is 23.0. The van der Waals surface area contributed by atoms with Gasteiger partial charge in [-0.3, -0.25) is 14.2 Å². The van der Waals surface area contributed by atoms with E-state index in [1.54, 1.807) is 7.11 Å². The maximum atomic E-state index is 14.8. The molecule has 2 aliphatic carbocycles. The molecule has 3 fully saturated rings. The number of fused-ring (bicyclic) bond motifs is 1. The van der Waals surface area contributed by atoms with Crippen molar-refractivity contribution in [2.75, 3.05) is 20.3 Å². The lowest BCUT2D eigenvalue weighted by Gasteiger charge is -2.35. The van der Waals surface area contributed by atoms with Crippen molar-refractivity contribution in [1.82, 2.24) is 20.5 Å². The van der Waals surface area contributed by atoms with Gasteiger partial charge in [-0.1, -0.05) is 87.5 Å². The van der Waals surface area contributed by atoms with Crippen LogP contribution in [0.1, 0.15) is 64.9 Å². The van der Waals surface area contributed by atoms with Gasteiger partial charge in [-0.25, -0.2) is 9.78 Å². The minimum absolute atomic E-state index is 0.0221. The van der Waals surface area contributed by atoms with Crippen molar-refractivity contribution < 1.29 is 42.6 Å². The van der Waals surface area contributed by atoms with Crippen LogP contribution >= 0.6 is 7.60 Å². The monoisotopic (exact) mass is 838 g/mol. The maximum absolute atomic E-state index is 14.8. The number of nitrogens with one attached hydrogen (secondary N) is 2. The number of carbonyl (C=O) groups is 3. The van der Waals surface area contributed by atoms with Crippen LogP contribution in [0.3, 0.4) is 0 Å². The van der Waals surface area contributed by atoms with E-state index in [4.69, 9.17) is 23.7 Å². The van der Waals surface area contributed by atoms with Crippen LogP contribution in [0.15, 0.2) is 97.6 Å². The zero-order valence-electron chi connectivity index (χ0n) is 34.7. The van der Waals surface area contributed by atoms with E-state index in [-0.39, 0.29) is 32.1 Å². The van der Waals surface area contributed by atoms with E-state index in [0.717, 1.165) is 36.8 Å². The molecule has 4 aromatic rings. The average molecular weight is 839 g/mol. The number of ether oxygens (including phenoxy) is 3. The number of rotatable bonds is 15. The third kappa shape index (κ3) is 9.38. The Kier molecular flexibility index (Phi) is 12.7. The fourth-order valence-electron chi connectivity index (χ4n) is 8.27. The third-order valence-electron chi connectivity index (χ3n) is 11.8. The second-order valence-electron chi connectivity index (χ2n) is 17.0. The molecule has 1 saturated heterocycles. The number of nitrogens with zero attached hydrogens (tertiary/aromatic N) is 2. The first-order chi connectivity index (χ1) is 28.7. The number of amides is 3. The first-order valence-electron chi connectivity index (χ1n) is 20.7. The predicted molar refractivity (Wildman–Crippen MR) is 228 cm³/mol. The predicted octanol–water partition coefficient (Wildman–Crippen LogP) is 7.81. The molecule has 0 spiro atoms. The summed E-state index contributed by atoms with van der Waals surface area (Å²) in [6, 6.07) is 24.2. The minimum Gasteiger partial charge on any atom is -0.497 e. The zero-order valence-corrected chi connectivity index (χ0v) is 35.6. The Morgan fingerprint density at radius 1 is 1.02 bits per heavy atom. The van der Waals surface area contributed by atoms with Gasteiger partial charge in [-0.2, -0.15) is 0 Å². The van der Waals surface area contributed by atoms with Gasteiger partial charge in [-0.05, 0) is 61.6 Å². The fraction of sp³-hybridized carbons (Fsp3) is 0.435. The molecule has 3 N–H and O–H groups in total. The molecular weight excluding hydrogens is 783 g/mol. The highest BCUT2D eigenvalue weighted by atomic mass is 31.2. The Bertz CT molecular complexity index is 2240. The molecule has 2 saturated carbocycles. The molecule has 7 rings (SSSR count). The highest BCUT2D eigenvalue weighted by molar-refractivity contribution is 7.55. The number of alkyl carbamates (subject to hydrolysis) is 1. The van der Waals surface area contributed by atoms with E-state index in [1.807, 2.05) is 106 Å². The molecule has 3 aliphatic rings. The SMILES string of the molecule is C=CC1C[C@]1(NC(=O)C1C[C@@H](Oc2cc(-c3ccccc3)nc3cc(OC)ccc23)CN1C(=O)C(NC(=O)OC1CCCC1)C(C)(C)C)P(=O)(O)OCCc1ccccc1. The summed E-state index contributed by atoms with van der Waals surface area (Å²) in [5.41, 5.74) is 2.28. The molecular formula is C46H55N4O9P. The third-order valence-corrected chi connectivity index (χ3v) is 13.9. The van der Waals surface area contributed by atoms with Crippen molar-refractivity contribution in [3.63, 3.8) is 0 Å². The number of hydrogen-bond acceptors (Lipinski definition) is 9. The van der Waals surface area contributed by atoms with Gasteiger partial charge in [-0.15, -0.1) is 6.58 Å². The number of hydrogen-bond donors (Lipinski definition) is 3. The van der Waals surface area contributed by atoms with Crippen LogP contribution in [0.4, 0.5) is 4.79 Å². The molecule has 14 heteroatoms. The van der Waals surface area contributed by atoms with Crippen molar-refractivity contribution in [1.29, 1.82) is 0 Å². The number of benzene rings is 3. The number of pyridine rings is 1. The Hall–Kier alpha value is -5.23. The van der Waals surface area contributed by atoms with E-state index >= 15 is 0 Å². The Morgan fingerprint density at radius 3 is 2.37 bits per heavy atom. The topological polar surface area (TPSA) is 166 Å². The molecule has 4 unspecified atom stereocenters. The molecule has 0 radical (unpaired) electrons. The van der Waals surface area contributed by atoms with Gasteiger partial charge in [0.05, 0.1) is 31.5 Å². The Morgan fingerprint density at radius 2 is 1.72 bits per heavy atom. The van der Waals surface area contributed by atoms with Crippen molar-refractivity contribution >= 4 is 36.4 Å². The van der Waals surface area contributed by atoms with Gasteiger partial charge in [0, 0.05) is 35.4 Å². The van der Waals surface area contributed by atoms with Crippen LogP contribution in [-0.4, -0.2) is 82.5 Å². The number of carbonyl (C=O) groups excluding carboxylic acids is 3. The Labute approximate surface area is 351 Å². The number of methoxy groups -OCH3 is 1. The van der Waals surface area contributed by atoms with Gasteiger partial charge >= 0.3 is 13.7 Å². The number of likely N-dealkylation sites (tertiary alicyclic amines) is 1. The lowest BCUT2D eigenvalue weighted by atomic mass is 9.85. The summed E-state index contributed by atoms with van der Waals surface area (Å²) in [5.74, 6) is -0.594. The molecule has 2 heterocycles. The van der Waals surface area contributed by atoms with Gasteiger partial charge in [0.2, 0.25) is 11.8 Å². The largest absolute Gasteiger partial charge is 0.497 e. The minimum atomic E-state index is -4.48. The summed E-state index contributed by atoms with van der Waals surface area (Å²) in [7, 11) is -2.90. The van der Waals surface area contributed by atoms with Crippen LogP contribution < -0.4 is 20.1 Å². The standard InChI is InChI=1S/C46H55N4O9P/c1-6-32-28-46(32,60(54,55)57-24-23-30-15-9-7-10-16-30)49-42(51)39-26-35(29-50(39)43(52)41(45(2,3)4)48-44(53)59-33-19-13-14-20-33)58-40-27-37(31-17-11-8-12-18-31)47-38-25-34(56-5)21-22-36(38)40/h6-12,15-18,21-22,25,27,32-33,35,39,41H,1,13-14,19-20,23-24,26,28-29H2,2-5H3,(H,48,53)(H,49,51)(H,54,55)/t32?,35-,39?,41?,46+/m1/s1. The lowest BCUT2D eigenvalue weighted by molar-refractivity contribution is -0.142. The molecule has 1 aromatic heterocycles. The first-order valence-corrected chi connectivity index (χ1v) is 22.2. The first kappa shape index (κ1) is 42.9. The summed E-state index contributed by atoms with van der Waals surface area (Å²) < 4.78 is 37.7. The van der Waals surface area contributed by atoms with Gasteiger partial charge in [0.1, 0.15) is 41.1 Å². The lowest BCUT2D eigenvalue weighted by Crippen LogP contribution is -2.58. The molecule has 60 heavy (non-hydrogen) atoms. The van der Waals surface area contributed by atoms with Gasteiger partial charge in [0.25, 0.3) is 0 Å². The van der Waals surface area contributed by atoms with E-state index < -0.39 is 60.3 Å². The van der Waals surface area contributed by atoms with Crippen LogP contribution in [0.25, 0.3) is 22.2 Å². The highest BCUT2D eigenvalue weighted by Gasteiger charge is 2.67. The van der Waals surface area contributed by atoms with Crippen molar-refractivity contribution in [2.45, 2.75) is 95.3 Å². The van der Waals surface area contributed by atoms with E-state index in [0.29, 0.717) is 34.5 Å². The van der Waals surface area contributed by atoms with Crippen LogP contribution in [0.5, 0.6) is 11.5 Å². The fourth-order valence-corrected chi connectivity index (χ4v) is 10.0. The smallest absolute Gasteiger partial charge is 0.408 e. The molecule has 3 aromatic carbocycles. The maximum Gasteiger partial charge on any atom is 0.408 e. The summed E-state index contributed by atoms with van der Waals surface area (Å²) in [6.07, 6.45) is 3.92. The summed E-state index contributed by atoms with van der Waals surface area (Å²) in [4.78, 5) is 60.5. The number of aromatic nitrogens is 1. The summed E-state index contributed by atoms with van der Waals surface area (Å²) in [6.45, 7) is 9.28. The molecule has 13 nitrogen and oxygen atoms in total. The van der Waals surface area contributed by atoms with Crippen molar-refractivity contribution in [3.05, 3.63) is 103 Å². The zero-order chi connectivity index (χ0) is 42.7. The molecule has 6 atom stereocenters. The summed E-state index contributed by atoms with van der Waals surface area (Å²) >= 11 is 0. The van der Waals surface area contributed by atoms with Gasteiger partial charge < -0.3 is 39.2 Å². The highest BCUT2D eigenvalue weighted by Crippen LogP contribution is 2.70.